The van der Waals surface area contributed by atoms with Crippen LogP contribution in [0.4, 0.5) is 4.79 Å². The van der Waals surface area contributed by atoms with Crippen LogP contribution in [0.2, 0.25) is 0 Å². The van der Waals surface area contributed by atoms with E-state index in [4.69, 9.17) is 14.2 Å². The van der Waals surface area contributed by atoms with Gasteiger partial charge in [-0.05, 0) is 36.2 Å². The first-order chi connectivity index (χ1) is 14.1. The van der Waals surface area contributed by atoms with Crippen LogP contribution >= 0.6 is 0 Å². The summed E-state index contributed by atoms with van der Waals surface area (Å²) in [6.07, 6.45) is 0.646. The molecule has 0 aromatic heterocycles. The number of hydrogen-bond acceptors (Lipinski definition) is 5. The normalized spacial score (nSPS) is 13.7. The second-order valence-electron chi connectivity index (χ2n) is 6.74. The van der Waals surface area contributed by atoms with Crippen molar-refractivity contribution in [2.45, 2.75) is 12.8 Å². The van der Waals surface area contributed by atoms with Crippen LogP contribution in [0, 0.1) is 0 Å². The lowest BCUT2D eigenvalue weighted by Gasteiger charge is -2.34. The van der Waals surface area contributed by atoms with Gasteiger partial charge < -0.3 is 24.0 Å². The molecule has 1 fully saturated rings. The number of piperazine rings is 1. The third-order valence-corrected chi connectivity index (χ3v) is 4.91. The number of nitrogens with zero attached hydrogens (tertiary/aromatic N) is 2. The number of methoxy groups -OCH3 is 2. The number of aryl methyl sites for hydroxylation is 1. The molecule has 0 spiro atoms. The van der Waals surface area contributed by atoms with Crippen LogP contribution in [0.1, 0.15) is 12.0 Å². The van der Waals surface area contributed by atoms with Gasteiger partial charge in [-0.15, -0.1) is 0 Å². The third-order valence-electron chi connectivity index (χ3n) is 4.91. The van der Waals surface area contributed by atoms with Gasteiger partial charge in [0.15, 0.2) is 11.5 Å². The van der Waals surface area contributed by atoms with E-state index in [1.54, 1.807) is 36.2 Å². The number of carbonyl (C=O) groups excluding carboxylic acids is 2. The van der Waals surface area contributed by atoms with Crippen LogP contribution in [0.25, 0.3) is 0 Å². The summed E-state index contributed by atoms with van der Waals surface area (Å²) >= 11 is 0. The van der Waals surface area contributed by atoms with E-state index in [0.29, 0.717) is 56.3 Å². The van der Waals surface area contributed by atoms with Gasteiger partial charge in [-0.2, -0.15) is 0 Å². The molecule has 29 heavy (non-hydrogen) atoms. The molecule has 1 aliphatic rings. The molecule has 154 valence electrons. The Labute approximate surface area is 170 Å². The van der Waals surface area contributed by atoms with Crippen molar-refractivity contribution < 1.29 is 23.8 Å². The molecule has 0 bridgehead atoms. The molecule has 2 aromatic carbocycles. The maximum atomic E-state index is 12.6. The molecule has 2 aromatic rings. The first-order valence-corrected chi connectivity index (χ1v) is 9.61. The average molecular weight is 398 g/mol. The number of rotatable bonds is 6. The number of carbonyl (C=O) groups is 2. The van der Waals surface area contributed by atoms with Crippen LogP contribution in [0.5, 0.6) is 17.2 Å². The minimum atomic E-state index is -0.381. The highest BCUT2D eigenvalue weighted by molar-refractivity contribution is 5.77. The van der Waals surface area contributed by atoms with Crippen molar-refractivity contribution in [1.29, 1.82) is 0 Å². The van der Waals surface area contributed by atoms with E-state index in [0.717, 1.165) is 5.56 Å². The summed E-state index contributed by atoms with van der Waals surface area (Å²) in [5.41, 5.74) is 1.01. The first kappa shape index (κ1) is 20.5. The van der Waals surface area contributed by atoms with Gasteiger partial charge in [-0.1, -0.05) is 24.3 Å². The van der Waals surface area contributed by atoms with Crippen LogP contribution < -0.4 is 14.2 Å². The Morgan fingerprint density at radius 2 is 1.52 bits per heavy atom. The highest BCUT2D eigenvalue weighted by Crippen LogP contribution is 2.28. The zero-order valence-corrected chi connectivity index (χ0v) is 16.8. The molecule has 3 rings (SSSR count). The maximum absolute atomic E-state index is 12.6. The summed E-state index contributed by atoms with van der Waals surface area (Å²) in [6.45, 7) is 1.95. The summed E-state index contributed by atoms with van der Waals surface area (Å²) in [6, 6.07) is 14.7. The fraction of sp³-hybridized carbons (Fsp3) is 0.364. The topological polar surface area (TPSA) is 68.3 Å². The molecule has 1 aliphatic heterocycles. The molecular formula is C22H26N2O5. The summed E-state index contributed by atoms with van der Waals surface area (Å²) in [5.74, 6) is 1.92. The Kier molecular flexibility index (Phi) is 6.94. The van der Waals surface area contributed by atoms with E-state index in [1.165, 1.54) is 0 Å². The van der Waals surface area contributed by atoms with E-state index < -0.39 is 0 Å². The number of ether oxygens (including phenoxy) is 3. The molecule has 7 nitrogen and oxygen atoms in total. The number of amides is 2. The van der Waals surface area contributed by atoms with Crippen molar-refractivity contribution in [3.63, 3.8) is 0 Å². The van der Waals surface area contributed by atoms with E-state index in [1.807, 2.05) is 36.4 Å². The fourth-order valence-electron chi connectivity index (χ4n) is 3.24. The Balaban J connectivity index is 1.46. The van der Waals surface area contributed by atoms with Crippen LogP contribution in [-0.4, -0.2) is 62.2 Å². The van der Waals surface area contributed by atoms with E-state index >= 15 is 0 Å². The van der Waals surface area contributed by atoms with Gasteiger partial charge in [0.1, 0.15) is 5.75 Å². The van der Waals surface area contributed by atoms with Gasteiger partial charge in [0, 0.05) is 32.6 Å². The molecule has 1 saturated heterocycles. The highest BCUT2D eigenvalue weighted by atomic mass is 16.6. The predicted molar refractivity (Wildman–Crippen MR) is 108 cm³/mol. The second-order valence-corrected chi connectivity index (χ2v) is 6.74. The Hall–Kier alpha value is -3.22. The van der Waals surface area contributed by atoms with E-state index in [-0.39, 0.29) is 12.0 Å². The molecule has 0 radical (unpaired) electrons. The molecular weight excluding hydrogens is 372 g/mol. The lowest BCUT2D eigenvalue weighted by Crippen LogP contribution is -2.51. The van der Waals surface area contributed by atoms with Gasteiger partial charge in [-0.3, -0.25) is 4.79 Å². The summed E-state index contributed by atoms with van der Waals surface area (Å²) in [7, 11) is 3.19. The van der Waals surface area contributed by atoms with Crippen molar-refractivity contribution >= 4 is 12.0 Å². The van der Waals surface area contributed by atoms with E-state index in [9.17, 15) is 9.59 Å². The summed E-state index contributed by atoms with van der Waals surface area (Å²) in [4.78, 5) is 28.2. The van der Waals surface area contributed by atoms with Gasteiger partial charge in [0.25, 0.3) is 0 Å². The molecule has 0 aliphatic carbocycles. The van der Waals surface area contributed by atoms with Crippen molar-refractivity contribution in [3.8, 4) is 17.2 Å². The monoisotopic (exact) mass is 398 g/mol. The molecule has 0 saturated carbocycles. The summed E-state index contributed by atoms with van der Waals surface area (Å²) in [5, 5.41) is 0. The van der Waals surface area contributed by atoms with Crippen molar-refractivity contribution in [1.82, 2.24) is 9.80 Å². The van der Waals surface area contributed by atoms with Crippen molar-refractivity contribution in [2.24, 2.45) is 0 Å². The molecule has 0 unspecified atom stereocenters. The quantitative estimate of drug-likeness (QED) is 0.748. The Morgan fingerprint density at radius 1 is 0.862 bits per heavy atom. The lowest BCUT2D eigenvalue weighted by molar-refractivity contribution is -0.132. The molecule has 0 N–H and O–H groups in total. The molecule has 7 heteroatoms. The van der Waals surface area contributed by atoms with Crippen molar-refractivity contribution in [2.75, 3.05) is 40.4 Å². The van der Waals surface area contributed by atoms with Gasteiger partial charge in [-0.25, -0.2) is 4.79 Å². The van der Waals surface area contributed by atoms with Crippen LogP contribution in [-0.2, 0) is 11.2 Å². The second kappa shape index (κ2) is 9.82. The Bertz CT molecular complexity index is 832. The lowest BCUT2D eigenvalue weighted by atomic mass is 10.1. The predicted octanol–water partition coefficient (Wildman–Crippen LogP) is 2.98. The fourth-order valence-corrected chi connectivity index (χ4v) is 3.24. The standard InChI is InChI=1S/C22H26N2O5/c1-27-19-10-8-17(16-20(19)28-2)9-11-21(25)23-12-14-24(15-13-23)22(26)29-18-6-4-3-5-7-18/h3-8,10,16H,9,11-15H2,1-2H3. The van der Waals surface area contributed by atoms with Crippen molar-refractivity contribution in [3.05, 3.63) is 54.1 Å². The minimum Gasteiger partial charge on any atom is -0.493 e. The Morgan fingerprint density at radius 3 is 2.17 bits per heavy atom. The molecule has 1 heterocycles. The first-order valence-electron chi connectivity index (χ1n) is 9.61. The SMILES string of the molecule is COc1ccc(CCC(=O)N2CCN(C(=O)Oc3ccccc3)CC2)cc1OC. The molecule has 0 atom stereocenters. The van der Waals surface area contributed by atoms with E-state index in [2.05, 4.69) is 0 Å². The molecule has 2 amide bonds. The smallest absolute Gasteiger partial charge is 0.415 e. The number of para-hydroxylation sites is 1. The third kappa shape index (κ3) is 5.40. The summed E-state index contributed by atoms with van der Waals surface area (Å²) < 4.78 is 15.9. The average Bonchev–Trinajstić information content (AvgIpc) is 2.78. The minimum absolute atomic E-state index is 0.0795. The maximum Gasteiger partial charge on any atom is 0.415 e. The number of hydrogen-bond donors (Lipinski definition) is 0. The largest absolute Gasteiger partial charge is 0.493 e. The van der Waals surface area contributed by atoms with Gasteiger partial charge >= 0.3 is 6.09 Å². The highest BCUT2D eigenvalue weighted by Gasteiger charge is 2.25. The van der Waals surface area contributed by atoms with Gasteiger partial charge in [0.2, 0.25) is 5.91 Å². The zero-order chi connectivity index (χ0) is 20.6. The van der Waals surface area contributed by atoms with Crippen LogP contribution in [0.3, 0.4) is 0 Å². The number of benzene rings is 2. The van der Waals surface area contributed by atoms with Gasteiger partial charge in [0.05, 0.1) is 14.2 Å². The van der Waals surface area contributed by atoms with Crippen LogP contribution in [0.15, 0.2) is 48.5 Å². The zero-order valence-electron chi connectivity index (χ0n) is 16.8.